The summed E-state index contributed by atoms with van der Waals surface area (Å²) in [6.45, 7) is 1.79. The quantitative estimate of drug-likeness (QED) is 0.757. The predicted octanol–water partition coefficient (Wildman–Crippen LogP) is 2.07. The fourth-order valence-corrected chi connectivity index (χ4v) is 3.32. The fraction of sp³-hybridized carbons (Fsp3) is 0.250. The Morgan fingerprint density at radius 2 is 1.92 bits per heavy atom. The third-order valence-electron chi connectivity index (χ3n) is 4.77. The first kappa shape index (κ1) is 16.3. The van der Waals surface area contributed by atoms with Gasteiger partial charge in [-0.25, -0.2) is 4.98 Å². The van der Waals surface area contributed by atoms with Crippen molar-refractivity contribution in [3.63, 3.8) is 0 Å². The van der Waals surface area contributed by atoms with Gasteiger partial charge in [-0.1, -0.05) is 42.5 Å². The molecule has 26 heavy (non-hydrogen) atoms. The molecule has 4 rings (SSSR count). The van der Waals surface area contributed by atoms with E-state index in [1.165, 1.54) is 0 Å². The summed E-state index contributed by atoms with van der Waals surface area (Å²) in [6, 6.07) is 17.1. The number of anilines is 1. The molecule has 0 radical (unpaired) electrons. The minimum Gasteiger partial charge on any atom is -0.352 e. The zero-order chi connectivity index (χ0) is 17.9. The van der Waals surface area contributed by atoms with E-state index in [9.17, 15) is 9.59 Å². The first-order valence-electron chi connectivity index (χ1n) is 8.76. The zero-order valence-electron chi connectivity index (χ0n) is 14.3. The molecule has 2 N–H and O–H groups in total. The van der Waals surface area contributed by atoms with Gasteiger partial charge in [-0.15, -0.1) is 0 Å². The van der Waals surface area contributed by atoms with Gasteiger partial charge in [-0.3, -0.25) is 14.6 Å². The molecule has 0 aliphatic carbocycles. The maximum Gasteiger partial charge on any atom is 0.260 e. The maximum atomic E-state index is 12.4. The van der Waals surface area contributed by atoms with Crippen LogP contribution in [0.4, 0.5) is 5.95 Å². The van der Waals surface area contributed by atoms with Crippen LogP contribution in [0.3, 0.4) is 0 Å². The molecule has 6 heteroatoms. The summed E-state index contributed by atoms with van der Waals surface area (Å²) in [5.41, 5.74) is 1.60. The molecule has 1 saturated heterocycles. The van der Waals surface area contributed by atoms with Crippen LogP contribution in [0, 0.1) is 5.92 Å². The third-order valence-corrected chi connectivity index (χ3v) is 4.77. The average Bonchev–Trinajstić information content (AvgIpc) is 3.17. The average molecular weight is 348 g/mol. The SMILES string of the molecule is O=C(NCc1ccccc1)C1CCN(c2nc3ccccc3c(=O)[nH]2)C1. The number of hydrogen-bond donors (Lipinski definition) is 2. The highest BCUT2D eigenvalue weighted by Gasteiger charge is 2.29. The van der Waals surface area contributed by atoms with Crippen molar-refractivity contribution < 1.29 is 4.79 Å². The van der Waals surface area contributed by atoms with Crippen LogP contribution >= 0.6 is 0 Å². The Bertz CT molecular complexity index is 984. The Morgan fingerprint density at radius 1 is 1.15 bits per heavy atom. The Balaban J connectivity index is 1.43. The molecule has 3 aromatic rings. The molecule has 1 atom stereocenters. The topological polar surface area (TPSA) is 78.1 Å². The molecule has 1 amide bonds. The highest BCUT2D eigenvalue weighted by atomic mass is 16.2. The second-order valence-corrected chi connectivity index (χ2v) is 6.54. The van der Waals surface area contributed by atoms with Crippen LogP contribution in [0.25, 0.3) is 10.9 Å². The van der Waals surface area contributed by atoms with Crippen molar-refractivity contribution in [1.82, 2.24) is 15.3 Å². The number of aromatic amines is 1. The van der Waals surface area contributed by atoms with Gasteiger partial charge in [0.2, 0.25) is 11.9 Å². The number of fused-ring (bicyclic) bond motifs is 1. The van der Waals surface area contributed by atoms with Crippen molar-refractivity contribution in [3.8, 4) is 0 Å². The third kappa shape index (κ3) is 3.31. The summed E-state index contributed by atoms with van der Waals surface area (Å²) in [5, 5.41) is 3.57. The molecule has 2 heterocycles. The van der Waals surface area contributed by atoms with Crippen molar-refractivity contribution in [2.24, 2.45) is 5.92 Å². The highest BCUT2D eigenvalue weighted by Crippen LogP contribution is 2.21. The normalized spacial score (nSPS) is 16.8. The van der Waals surface area contributed by atoms with Crippen LogP contribution < -0.4 is 15.8 Å². The van der Waals surface area contributed by atoms with Gasteiger partial charge >= 0.3 is 0 Å². The van der Waals surface area contributed by atoms with E-state index in [-0.39, 0.29) is 17.4 Å². The van der Waals surface area contributed by atoms with E-state index in [2.05, 4.69) is 15.3 Å². The van der Waals surface area contributed by atoms with Crippen LogP contribution in [0.2, 0.25) is 0 Å². The molecule has 1 aromatic heterocycles. The van der Waals surface area contributed by atoms with Crippen molar-refractivity contribution >= 4 is 22.8 Å². The Kier molecular flexibility index (Phi) is 4.39. The summed E-state index contributed by atoms with van der Waals surface area (Å²) < 4.78 is 0. The maximum absolute atomic E-state index is 12.4. The molecule has 0 saturated carbocycles. The molecule has 0 spiro atoms. The minimum absolute atomic E-state index is 0.0412. The summed E-state index contributed by atoms with van der Waals surface area (Å²) in [6.07, 6.45) is 0.747. The number of benzene rings is 2. The monoisotopic (exact) mass is 348 g/mol. The Hall–Kier alpha value is -3.15. The van der Waals surface area contributed by atoms with Crippen molar-refractivity contribution in [1.29, 1.82) is 0 Å². The van der Waals surface area contributed by atoms with Crippen molar-refractivity contribution in [3.05, 3.63) is 70.5 Å². The van der Waals surface area contributed by atoms with E-state index in [1.807, 2.05) is 53.4 Å². The molecule has 1 aliphatic rings. The van der Waals surface area contributed by atoms with E-state index in [0.717, 1.165) is 12.0 Å². The molecule has 2 aromatic carbocycles. The van der Waals surface area contributed by atoms with Gasteiger partial charge in [0.15, 0.2) is 0 Å². The molecule has 1 fully saturated rings. The summed E-state index contributed by atoms with van der Waals surface area (Å²) >= 11 is 0. The van der Waals surface area contributed by atoms with Gasteiger partial charge in [0.1, 0.15) is 0 Å². The van der Waals surface area contributed by atoms with Crippen LogP contribution in [0.5, 0.6) is 0 Å². The number of nitrogens with one attached hydrogen (secondary N) is 2. The Labute approximate surface area is 150 Å². The van der Waals surface area contributed by atoms with E-state index in [4.69, 9.17) is 0 Å². The number of aromatic nitrogens is 2. The van der Waals surface area contributed by atoms with E-state index in [0.29, 0.717) is 36.5 Å². The lowest BCUT2D eigenvalue weighted by Gasteiger charge is -2.17. The number of H-pyrrole nitrogens is 1. The van der Waals surface area contributed by atoms with Crippen LogP contribution in [-0.4, -0.2) is 29.0 Å². The Morgan fingerprint density at radius 3 is 2.77 bits per heavy atom. The number of hydrogen-bond acceptors (Lipinski definition) is 4. The largest absolute Gasteiger partial charge is 0.352 e. The molecule has 6 nitrogen and oxygen atoms in total. The lowest BCUT2D eigenvalue weighted by molar-refractivity contribution is -0.124. The van der Waals surface area contributed by atoms with E-state index >= 15 is 0 Å². The molecular weight excluding hydrogens is 328 g/mol. The minimum atomic E-state index is -0.150. The molecular formula is C20H20N4O2. The summed E-state index contributed by atoms with van der Waals surface area (Å²) in [5.74, 6) is 0.474. The number of amides is 1. The second kappa shape index (κ2) is 7.00. The van der Waals surface area contributed by atoms with Gasteiger partial charge in [0.25, 0.3) is 5.56 Å². The van der Waals surface area contributed by atoms with Gasteiger partial charge in [-0.05, 0) is 24.1 Å². The molecule has 1 aliphatic heterocycles. The number of carbonyl (C=O) groups is 1. The summed E-state index contributed by atoms with van der Waals surface area (Å²) in [4.78, 5) is 34.0. The van der Waals surface area contributed by atoms with E-state index in [1.54, 1.807) is 6.07 Å². The number of carbonyl (C=O) groups excluding carboxylic acids is 1. The van der Waals surface area contributed by atoms with Gasteiger partial charge in [0.05, 0.1) is 16.8 Å². The van der Waals surface area contributed by atoms with Crippen molar-refractivity contribution in [2.75, 3.05) is 18.0 Å². The summed E-state index contributed by atoms with van der Waals surface area (Å²) in [7, 11) is 0. The second-order valence-electron chi connectivity index (χ2n) is 6.54. The first-order valence-corrected chi connectivity index (χ1v) is 8.76. The van der Waals surface area contributed by atoms with Crippen LogP contribution in [-0.2, 0) is 11.3 Å². The zero-order valence-corrected chi connectivity index (χ0v) is 14.3. The fourth-order valence-electron chi connectivity index (χ4n) is 3.32. The lowest BCUT2D eigenvalue weighted by Crippen LogP contribution is -2.33. The van der Waals surface area contributed by atoms with E-state index < -0.39 is 0 Å². The molecule has 0 bridgehead atoms. The molecule has 1 unspecified atom stereocenters. The smallest absolute Gasteiger partial charge is 0.260 e. The number of nitrogens with zero attached hydrogens (tertiary/aromatic N) is 2. The number of rotatable bonds is 4. The molecule has 132 valence electrons. The highest BCUT2D eigenvalue weighted by molar-refractivity contribution is 5.80. The van der Waals surface area contributed by atoms with Crippen LogP contribution in [0.15, 0.2) is 59.4 Å². The van der Waals surface area contributed by atoms with Gasteiger partial charge in [-0.2, -0.15) is 0 Å². The first-order chi connectivity index (χ1) is 12.7. The van der Waals surface area contributed by atoms with Gasteiger partial charge in [0, 0.05) is 19.6 Å². The van der Waals surface area contributed by atoms with Crippen molar-refractivity contribution in [2.45, 2.75) is 13.0 Å². The predicted molar refractivity (Wildman–Crippen MR) is 101 cm³/mol. The lowest BCUT2D eigenvalue weighted by atomic mass is 10.1. The number of para-hydroxylation sites is 1. The standard InChI is InChI=1S/C20H20N4O2/c25-18(21-12-14-6-2-1-3-7-14)15-10-11-24(13-15)20-22-17-9-5-4-8-16(17)19(26)23-20/h1-9,15H,10-13H2,(H,21,25)(H,22,23,26). The van der Waals surface area contributed by atoms with Crippen LogP contribution in [0.1, 0.15) is 12.0 Å². The van der Waals surface area contributed by atoms with Gasteiger partial charge < -0.3 is 10.2 Å².